The fourth-order valence-corrected chi connectivity index (χ4v) is 2.64. The predicted molar refractivity (Wildman–Crippen MR) is 90.6 cm³/mol. The molecule has 0 unspecified atom stereocenters. The van der Waals surface area contributed by atoms with Gasteiger partial charge in [-0.1, -0.05) is 17.7 Å². The lowest BCUT2D eigenvalue weighted by atomic mass is 10.0. The van der Waals surface area contributed by atoms with Gasteiger partial charge in [0.05, 0.1) is 4.92 Å². The summed E-state index contributed by atoms with van der Waals surface area (Å²) in [7, 11) is 1.61. The number of fused-ring (bicyclic) bond motifs is 1. The Bertz CT molecular complexity index is 862. The summed E-state index contributed by atoms with van der Waals surface area (Å²) in [4.78, 5) is 22.8. The number of anilines is 2. The third-order valence-electron chi connectivity index (χ3n) is 3.56. The van der Waals surface area contributed by atoms with Crippen LogP contribution in [0.5, 0.6) is 0 Å². The zero-order valence-electron chi connectivity index (χ0n) is 12.1. The summed E-state index contributed by atoms with van der Waals surface area (Å²) >= 11 is 5.98. The van der Waals surface area contributed by atoms with Crippen molar-refractivity contribution in [3.05, 3.63) is 62.7 Å². The number of rotatable bonds is 3. The molecule has 2 aromatic rings. The van der Waals surface area contributed by atoms with Gasteiger partial charge in [0.2, 0.25) is 0 Å². The first-order valence-electron chi connectivity index (χ1n) is 6.79. The van der Waals surface area contributed by atoms with Gasteiger partial charge in [0.15, 0.2) is 0 Å². The van der Waals surface area contributed by atoms with Crippen molar-refractivity contribution in [2.24, 2.45) is 0 Å². The lowest BCUT2D eigenvalue weighted by Gasteiger charge is -2.04. The van der Waals surface area contributed by atoms with Crippen LogP contribution in [0.3, 0.4) is 0 Å². The summed E-state index contributed by atoms with van der Waals surface area (Å²) in [5, 5.41) is 17.2. The molecular weight excluding hydrogens is 318 g/mol. The minimum Gasteiger partial charge on any atom is -0.383 e. The molecule has 0 atom stereocenters. The number of amides is 1. The summed E-state index contributed by atoms with van der Waals surface area (Å²) in [5.41, 5.74) is 2.71. The number of halogens is 1. The molecule has 0 saturated carbocycles. The van der Waals surface area contributed by atoms with Crippen molar-refractivity contribution in [1.82, 2.24) is 0 Å². The van der Waals surface area contributed by atoms with E-state index in [4.69, 9.17) is 11.6 Å². The summed E-state index contributed by atoms with van der Waals surface area (Å²) in [6.07, 6.45) is 1.62. The molecule has 23 heavy (non-hydrogen) atoms. The Morgan fingerprint density at radius 2 is 2.04 bits per heavy atom. The summed E-state index contributed by atoms with van der Waals surface area (Å²) in [6.45, 7) is 0. The number of hydrogen-bond donors (Lipinski definition) is 2. The first-order chi connectivity index (χ1) is 11.0. The Hall–Kier alpha value is -2.86. The van der Waals surface area contributed by atoms with Crippen LogP contribution >= 0.6 is 11.6 Å². The van der Waals surface area contributed by atoms with E-state index >= 15 is 0 Å². The maximum atomic E-state index is 12.1. The van der Waals surface area contributed by atoms with E-state index in [-0.39, 0.29) is 11.6 Å². The Morgan fingerprint density at radius 3 is 2.74 bits per heavy atom. The average Bonchev–Trinajstić information content (AvgIpc) is 2.83. The quantitative estimate of drug-likeness (QED) is 0.510. The zero-order chi connectivity index (χ0) is 16.6. The molecule has 0 aliphatic carbocycles. The second-order valence-electron chi connectivity index (χ2n) is 4.99. The van der Waals surface area contributed by atoms with Crippen molar-refractivity contribution in [3.8, 4) is 0 Å². The zero-order valence-corrected chi connectivity index (χ0v) is 12.8. The number of hydrogen-bond acceptors (Lipinski definition) is 4. The standard InChI is InChI=1S/C16H12ClN3O3/c1-18-14-4-2-9(7-15(14)20(22)23)6-12-11-8-10(17)3-5-13(11)19-16(12)21/h2-8,18H,1H3,(H,19,21)/b12-6+. The van der Waals surface area contributed by atoms with E-state index in [9.17, 15) is 14.9 Å². The van der Waals surface area contributed by atoms with Crippen LogP contribution in [0.1, 0.15) is 11.1 Å². The average molecular weight is 330 g/mol. The number of carbonyl (C=O) groups is 1. The summed E-state index contributed by atoms with van der Waals surface area (Å²) in [6, 6.07) is 9.85. The number of nitro benzene ring substituents is 1. The van der Waals surface area contributed by atoms with Gasteiger partial charge in [0, 0.05) is 35.0 Å². The minimum atomic E-state index is -0.465. The first kappa shape index (κ1) is 15.1. The van der Waals surface area contributed by atoms with Crippen molar-refractivity contribution >= 4 is 46.2 Å². The van der Waals surface area contributed by atoms with Crippen LogP contribution in [0.4, 0.5) is 17.1 Å². The predicted octanol–water partition coefficient (Wildman–Crippen LogP) is 3.78. The van der Waals surface area contributed by atoms with Gasteiger partial charge in [-0.3, -0.25) is 14.9 Å². The molecule has 1 aliphatic rings. The van der Waals surface area contributed by atoms with Crippen molar-refractivity contribution in [3.63, 3.8) is 0 Å². The highest BCUT2D eigenvalue weighted by Gasteiger charge is 2.24. The molecule has 1 aliphatic heterocycles. The van der Waals surface area contributed by atoms with E-state index < -0.39 is 4.92 Å². The molecule has 2 N–H and O–H groups in total. The normalized spacial score (nSPS) is 14.5. The molecule has 0 saturated heterocycles. The monoisotopic (exact) mass is 329 g/mol. The highest BCUT2D eigenvalue weighted by atomic mass is 35.5. The molecule has 0 bridgehead atoms. The van der Waals surface area contributed by atoms with Crippen molar-refractivity contribution in [2.75, 3.05) is 17.7 Å². The molecule has 1 amide bonds. The molecule has 3 rings (SSSR count). The van der Waals surface area contributed by atoms with Crippen molar-refractivity contribution < 1.29 is 9.72 Å². The fourth-order valence-electron chi connectivity index (χ4n) is 2.47. The first-order valence-corrected chi connectivity index (χ1v) is 7.16. The Morgan fingerprint density at radius 1 is 1.26 bits per heavy atom. The highest BCUT2D eigenvalue weighted by Crippen LogP contribution is 2.35. The van der Waals surface area contributed by atoms with Gasteiger partial charge in [-0.2, -0.15) is 0 Å². The van der Waals surface area contributed by atoms with Gasteiger partial charge in [-0.05, 0) is 35.9 Å². The lowest BCUT2D eigenvalue weighted by Crippen LogP contribution is -2.03. The maximum absolute atomic E-state index is 12.1. The van der Waals surface area contributed by atoms with Crippen molar-refractivity contribution in [2.45, 2.75) is 0 Å². The number of nitrogens with zero attached hydrogens (tertiary/aromatic N) is 1. The highest BCUT2D eigenvalue weighted by molar-refractivity contribution is 6.36. The largest absolute Gasteiger partial charge is 0.383 e. The second-order valence-corrected chi connectivity index (χ2v) is 5.42. The molecular formula is C16H12ClN3O3. The SMILES string of the molecule is CNc1ccc(/C=C2/C(=O)Nc3ccc(Cl)cc32)cc1[N+](=O)[O-]. The van der Waals surface area contributed by atoms with Gasteiger partial charge in [-0.25, -0.2) is 0 Å². The molecule has 0 spiro atoms. The van der Waals surface area contributed by atoms with Crippen LogP contribution in [0.2, 0.25) is 5.02 Å². The molecule has 1 heterocycles. The van der Waals surface area contributed by atoms with Gasteiger partial charge < -0.3 is 10.6 Å². The van der Waals surface area contributed by atoms with E-state index in [1.165, 1.54) is 6.07 Å². The van der Waals surface area contributed by atoms with E-state index in [0.29, 0.717) is 33.1 Å². The number of carbonyl (C=O) groups excluding carboxylic acids is 1. The number of benzene rings is 2. The van der Waals surface area contributed by atoms with Gasteiger partial charge in [-0.15, -0.1) is 0 Å². The molecule has 0 fully saturated rings. The number of nitrogens with one attached hydrogen (secondary N) is 2. The van der Waals surface area contributed by atoms with Crippen molar-refractivity contribution in [1.29, 1.82) is 0 Å². The van der Waals surface area contributed by atoms with Gasteiger partial charge in [0.25, 0.3) is 11.6 Å². The number of nitro groups is 1. The van der Waals surface area contributed by atoms with Crippen LogP contribution in [0.15, 0.2) is 36.4 Å². The maximum Gasteiger partial charge on any atom is 0.292 e. The Kier molecular flexibility index (Phi) is 3.75. The van der Waals surface area contributed by atoms with Gasteiger partial charge in [0.1, 0.15) is 5.69 Å². The minimum absolute atomic E-state index is 0.0495. The van der Waals surface area contributed by atoms with Crippen LogP contribution < -0.4 is 10.6 Å². The molecule has 116 valence electrons. The van der Waals surface area contributed by atoms with E-state index in [1.807, 2.05) is 0 Å². The summed E-state index contributed by atoms with van der Waals surface area (Å²) < 4.78 is 0. The molecule has 6 nitrogen and oxygen atoms in total. The molecule has 7 heteroatoms. The lowest BCUT2D eigenvalue weighted by molar-refractivity contribution is -0.383. The molecule has 0 radical (unpaired) electrons. The van der Waals surface area contributed by atoms with Crippen LogP contribution in [-0.4, -0.2) is 17.9 Å². The third kappa shape index (κ3) is 2.76. The van der Waals surface area contributed by atoms with Crippen LogP contribution in [0.25, 0.3) is 11.6 Å². The summed E-state index contributed by atoms with van der Waals surface area (Å²) in [5.74, 6) is -0.261. The molecule has 0 aromatic heterocycles. The third-order valence-corrected chi connectivity index (χ3v) is 3.80. The van der Waals surface area contributed by atoms with Gasteiger partial charge >= 0.3 is 0 Å². The Balaban J connectivity index is 2.09. The van der Waals surface area contributed by atoms with E-state index in [0.717, 1.165) is 0 Å². The van der Waals surface area contributed by atoms with Crippen LogP contribution in [0, 0.1) is 10.1 Å². The molecule has 2 aromatic carbocycles. The second kappa shape index (κ2) is 5.73. The Labute approximate surface area is 136 Å². The van der Waals surface area contributed by atoms with E-state index in [1.54, 1.807) is 43.5 Å². The van der Waals surface area contributed by atoms with E-state index in [2.05, 4.69) is 10.6 Å². The topological polar surface area (TPSA) is 84.3 Å². The van der Waals surface area contributed by atoms with Crippen LogP contribution in [-0.2, 0) is 4.79 Å². The fraction of sp³-hybridized carbons (Fsp3) is 0.0625. The smallest absolute Gasteiger partial charge is 0.292 e.